The second-order valence-corrected chi connectivity index (χ2v) is 9.22. The lowest BCUT2D eigenvalue weighted by atomic mass is 9.75. The van der Waals surface area contributed by atoms with Gasteiger partial charge in [0.1, 0.15) is 23.2 Å². The van der Waals surface area contributed by atoms with E-state index in [2.05, 4.69) is 28.1 Å². The molecule has 0 amide bonds. The molecule has 4 aromatic rings. The van der Waals surface area contributed by atoms with Crippen LogP contribution in [0.2, 0.25) is 0 Å². The third-order valence-electron chi connectivity index (χ3n) is 6.67. The maximum atomic E-state index is 14.7. The Morgan fingerprint density at radius 3 is 2.62 bits per heavy atom. The van der Waals surface area contributed by atoms with Crippen molar-refractivity contribution >= 4 is 5.52 Å². The Balaban J connectivity index is 1.51. The number of imidazole rings is 1. The van der Waals surface area contributed by atoms with Crippen LogP contribution in [0.25, 0.3) is 16.8 Å². The second kappa shape index (κ2) is 9.10. The van der Waals surface area contributed by atoms with Gasteiger partial charge in [-0.3, -0.25) is 4.98 Å². The van der Waals surface area contributed by atoms with E-state index in [1.165, 1.54) is 12.7 Å². The number of halogens is 2. The molecule has 2 N–H and O–H groups in total. The van der Waals surface area contributed by atoms with Crippen LogP contribution in [-0.4, -0.2) is 32.7 Å². The highest BCUT2D eigenvalue weighted by Crippen LogP contribution is 2.37. The number of ether oxygens (including phenoxy) is 1. The normalized spacial score (nSPS) is 20.6. The molecule has 3 heterocycles. The summed E-state index contributed by atoms with van der Waals surface area (Å²) in [5.41, 5.74) is 9.34. The van der Waals surface area contributed by atoms with E-state index in [0.717, 1.165) is 42.5 Å². The number of hydrogen-bond acceptors (Lipinski definition) is 5. The van der Waals surface area contributed by atoms with Crippen LogP contribution in [0.1, 0.15) is 49.1 Å². The first kappa shape index (κ1) is 22.4. The Bertz CT molecular complexity index is 1310. The van der Waals surface area contributed by atoms with Crippen molar-refractivity contribution in [1.82, 2.24) is 19.6 Å². The Morgan fingerprint density at radius 2 is 1.88 bits per heavy atom. The lowest BCUT2D eigenvalue weighted by molar-refractivity contribution is 0.307. The molecule has 8 heteroatoms. The summed E-state index contributed by atoms with van der Waals surface area (Å²) in [5, 5.41) is 4.54. The van der Waals surface area contributed by atoms with Gasteiger partial charge in [-0.05, 0) is 60.4 Å². The molecule has 3 atom stereocenters. The van der Waals surface area contributed by atoms with E-state index in [0.29, 0.717) is 24.1 Å². The number of hydrogen-bond donors (Lipinski definition) is 1. The molecule has 1 fully saturated rings. The number of fused-ring (bicyclic) bond motifs is 1. The van der Waals surface area contributed by atoms with E-state index < -0.39 is 11.6 Å². The molecular weight excluding hydrogens is 436 g/mol. The number of nitrogens with two attached hydrogens (primary N) is 1. The lowest BCUT2D eigenvalue weighted by Gasteiger charge is -2.32. The molecule has 0 spiro atoms. The summed E-state index contributed by atoms with van der Waals surface area (Å²) in [4.78, 5) is 8.90. The molecule has 0 aliphatic heterocycles. The van der Waals surface area contributed by atoms with Crippen molar-refractivity contribution in [2.24, 2.45) is 11.7 Å². The second-order valence-electron chi connectivity index (χ2n) is 9.22. The van der Waals surface area contributed by atoms with E-state index in [1.54, 1.807) is 22.8 Å². The molecule has 1 saturated carbocycles. The van der Waals surface area contributed by atoms with Crippen molar-refractivity contribution in [2.45, 2.75) is 44.6 Å². The largest absolute Gasteiger partial charge is 0.497 e. The van der Waals surface area contributed by atoms with Gasteiger partial charge >= 0.3 is 0 Å². The van der Waals surface area contributed by atoms with Crippen LogP contribution in [0.15, 0.2) is 48.9 Å². The first-order valence-corrected chi connectivity index (χ1v) is 11.5. The van der Waals surface area contributed by atoms with Crippen molar-refractivity contribution < 1.29 is 13.5 Å². The molecule has 0 bridgehead atoms. The molecule has 1 aliphatic rings. The first-order chi connectivity index (χ1) is 16.4. The fraction of sp³-hybridized carbons (Fsp3) is 0.346. The summed E-state index contributed by atoms with van der Waals surface area (Å²) in [6.07, 6.45) is 8.98. The highest BCUT2D eigenvalue weighted by Gasteiger charge is 2.27. The standard InChI is InChI=1S/C26H27F2N5O/c1-15-7-16(9-18(29)8-15)21-5-6-30-13-17(21)10-25-31-14-19-3-4-24(32-33(19)25)26-22(27)11-20(34-2)12-23(26)28/h3-6,11-16,18H,7-10,29H2,1-2H3/t15-,16+,18-/m0/s1. The number of methoxy groups -OCH3 is 1. The maximum absolute atomic E-state index is 14.7. The summed E-state index contributed by atoms with van der Waals surface area (Å²) in [6.45, 7) is 2.25. The van der Waals surface area contributed by atoms with E-state index in [-0.39, 0.29) is 23.0 Å². The predicted octanol–water partition coefficient (Wildman–Crippen LogP) is 4.90. The number of rotatable bonds is 5. The summed E-state index contributed by atoms with van der Waals surface area (Å²) < 4.78 is 35.9. The minimum Gasteiger partial charge on any atom is -0.497 e. The summed E-state index contributed by atoms with van der Waals surface area (Å²) in [6, 6.07) is 7.92. The van der Waals surface area contributed by atoms with Gasteiger partial charge in [0.05, 0.1) is 30.1 Å². The fourth-order valence-corrected chi connectivity index (χ4v) is 5.16. The minimum absolute atomic E-state index is 0.115. The average molecular weight is 464 g/mol. The zero-order valence-corrected chi connectivity index (χ0v) is 19.2. The van der Waals surface area contributed by atoms with Gasteiger partial charge in [-0.1, -0.05) is 6.92 Å². The van der Waals surface area contributed by atoms with Crippen LogP contribution in [-0.2, 0) is 6.42 Å². The van der Waals surface area contributed by atoms with Gasteiger partial charge in [0.15, 0.2) is 0 Å². The van der Waals surface area contributed by atoms with Gasteiger partial charge in [0.2, 0.25) is 0 Å². The molecule has 176 valence electrons. The fourth-order valence-electron chi connectivity index (χ4n) is 5.16. The summed E-state index contributed by atoms with van der Waals surface area (Å²) in [7, 11) is 1.37. The topological polar surface area (TPSA) is 78.3 Å². The molecular formula is C26H27F2N5O. The molecule has 6 nitrogen and oxygen atoms in total. The van der Waals surface area contributed by atoms with Gasteiger partial charge in [-0.2, -0.15) is 5.10 Å². The number of aromatic nitrogens is 4. The third kappa shape index (κ3) is 4.25. The van der Waals surface area contributed by atoms with Crippen molar-refractivity contribution in [1.29, 1.82) is 0 Å². The van der Waals surface area contributed by atoms with Crippen molar-refractivity contribution in [3.63, 3.8) is 0 Å². The molecule has 34 heavy (non-hydrogen) atoms. The zero-order valence-electron chi connectivity index (χ0n) is 19.2. The van der Waals surface area contributed by atoms with E-state index in [9.17, 15) is 8.78 Å². The van der Waals surface area contributed by atoms with Gasteiger partial charge in [-0.25, -0.2) is 18.3 Å². The van der Waals surface area contributed by atoms with Crippen molar-refractivity contribution in [2.75, 3.05) is 7.11 Å². The van der Waals surface area contributed by atoms with E-state index in [4.69, 9.17) is 10.5 Å². The third-order valence-corrected chi connectivity index (χ3v) is 6.67. The maximum Gasteiger partial charge on any atom is 0.139 e. The van der Waals surface area contributed by atoms with Crippen LogP contribution in [0.3, 0.4) is 0 Å². The van der Waals surface area contributed by atoms with Gasteiger partial charge < -0.3 is 10.5 Å². The van der Waals surface area contributed by atoms with Crippen LogP contribution in [0.4, 0.5) is 8.78 Å². The Morgan fingerprint density at radius 1 is 1.09 bits per heavy atom. The predicted molar refractivity (Wildman–Crippen MR) is 126 cm³/mol. The Labute approximate surface area is 196 Å². The highest BCUT2D eigenvalue weighted by molar-refractivity contribution is 5.63. The minimum atomic E-state index is -0.734. The lowest BCUT2D eigenvalue weighted by Crippen LogP contribution is -2.31. The summed E-state index contributed by atoms with van der Waals surface area (Å²) in [5.74, 6) is 0.262. The van der Waals surface area contributed by atoms with Crippen LogP contribution < -0.4 is 10.5 Å². The number of nitrogens with zero attached hydrogens (tertiary/aromatic N) is 4. The molecule has 0 radical (unpaired) electrons. The SMILES string of the molecule is COc1cc(F)c(-c2ccc3cnc(Cc4cnccc4[C@@H]4C[C@H](C)C[C@H](N)C4)n3n2)c(F)c1. The molecule has 0 unspecified atom stereocenters. The van der Waals surface area contributed by atoms with E-state index >= 15 is 0 Å². The van der Waals surface area contributed by atoms with E-state index in [1.807, 2.05) is 12.4 Å². The zero-order chi connectivity index (χ0) is 23.8. The smallest absolute Gasteiger partial charge is 0.139 e. The Kier molecular flexibility index (Phi) is 6.00. The average Bonchev–Trinajstić information content (AvgIpc) is 3.20. The number of benzene rings is 1. The van der Waals surface area contributed by atoms with Crippen molar-refractivity contribution in [3.8, 4) is 17.0 Å². The molecule has 0 saturated heterocycles. The van der Waals surface area contributed by atoms with Gasteiger partial charge in [0.25, 0.3) is 0 Å². The molecule has 1 aliphatic carbocycles. The monoisotopic (exact) mass is 463 g/mol. The van der Waals surface area contributed by atoms with Crippen LogP contribution in [0.5, 0.6) is 5.75 Å². The highest BCUT2D eigenvalue weighted by atomic mass is 19.1. The van der Waals surface area contributed by atoms with Crippen LogP contribution >= 0.6 is 0 Å². The number of pyridine rings is 1. The van der Waals surface area contributed by atoms with Crippen LogP contribution in [0, 0.1) is 17.6 Å². The quantitative estimate of drug-likeness (QED) is 0.456. The molecule has 1 aromatic carbocycles. The van der Waals surface area contributed by atoms with Crippen molar-refractivity contribution in [3.05, 3.63) is 77.5 Å². The molecule has 5 rings (SSSR count). The van der Waals surface area contributed by atoms with Gasteiger partial charge in [-0.15, -0.1) is 0 Å². The Hall–Kier alpha value is -3.39. The summed E-state index contributed by atoms with van der Waals surface area (Å²) >= 11 is 0. The first-order valence-electron chi connectivity index (χ1n) is 11.5. The molecule has 3 aromatic heterocycles. The van der Waals surface area contributed by atoms with Gasteiger partial charge in [0, 0.05) is 37.0 Å².